The van der Waals surface area contributed by atoms with Crippen LogP contribution in [0.4, 0.5) is 0 Å². The molecule has 3 nitrogen and oxygen atoms in total. The third-order valence-corrected chi connectivity index (χ3v) is 3.46. The maximum atomic E-state index is 5.31. The largest absolute Gasteiger partial charge is 0.382 e. The molecule has 0 bridgehead atoms. The van der Waals surface area contributed by atoms with E-state index in [1.165, 1.54) is 38.9 Å². The van der Waals surface area contributed by atoms with Crippen LogP contribution < -0.4 is 5.32 Å². The van der Waals surface area contributed by atoms with Crippen molar-refractivity contribution in [2.24, 2.45) is 5.41 Å². The molecule has 0 unspecified atom stereocenters. The zero-order valence-electron chi connectivity index (χ0n) is 11.9. The van der Waals surface area contributed by atoms with Crippen molar-refractivity contribution in [3.05, 3.63) is 0 Å². The van der Waals surface area contributed by atoms with Gasteiger partial charge in [-0.25, -0.2) is 0 Å². The average molecular weight is 242 g/mol. The van der Waals surface area contributed by atoms with Crippen molar-refractivity contribution >= 4 is 0 Å². The van der Waals surface area contributed by atoms with Gasteiger partial charge >= 0.3 is 0 Å². The van der Waals surface area contributed by atoms with Crippen molar-refractivity contribution in [1.82, 2.24) is 10.2 Å². The summed E-state index contributed by atoms with van der Waals surface area (Å²) >= 11 is 0. The maximum Gasteiger partial charge on any atom is 0.0466 e. The van der Waals surface area contributed by atoms with E-state index in [1.807, 2.05) is 0 Å². The number of unbranched alkanes of at least 4 members (excludes halogenated alkanes) is 1. The number of nitrogens with zero attached hydrogens (tertiary/aromatic N) is 1. The summed E-state index contributed by atoms with van der Waals surface area (Å²) in [5.41, 5.74) is 0.539. The van der Waals surface area contributed by atoms with Crippen LogP contribution in [0.3, 0.4) is 0 Å². The van der Waals surface area contributed by atoms with E-state index in [0.717, 1.165) is 26.3 Å². The van der Waals surface area contributed by atoms with Crippen LogP contribution in [0.25, 0.3) is 0 Å². The van der Waals surface area contributed by atoms with Gasteiger partial charge in [0.15, 0.2) is 0 Å². The van der Waals surface area contributed by atoms with Crippen LogP contribution in [0.1, 0.15) is 40.0 Å². The Morgan fingerprint density at radius 1 is 1.24 bits per heavy atom. The van der Waals surface area contributed by atoms with Crippen LogP contribution in [0.15, 0.2) is 0 Å². The molecule has 0 atom stereocenters. The molecule has 1 fully saturated rings. The zero-order valence-corrected chi connectivity index (χ0v) is 11.9. The molecule has 102 valence electrons. The molecule has 1 N–H and O–H groups in total. The second-order valence-electron chi connectivity index (χ2n) is 5.84. The zero-order chi connectivity index (χ0) is 12.6. The number of hydrogen-bond acceptors (Lipinski definition) is 3. The van der Waals surface area contributed by atoms with Gasteiger partial charge in [0.25, 0.3) is 0 Å². The first-order valence-electron chi connectivity index (χ1n) is 7.15. The highest BCUT2D eigenvalue weighted by atomic mass is 16.5. The van der Waals surface area contributed by atoms with Gasteiger partial charge < -0.3 is 15.0 Å². The molecule has 0 aromatic carbocycles. The first-order valence-corrected chi connectivity index (χ1v) is 7.15. The molecule has 0 saturated carbocycles. The summed E-state index contributed by atoms with van der Waals surface area (Å²) in [5.74, 6) is 0. The minimum Gasteiger partial charge on any atom is -0.382 e. The molecule has 0 amide bonds. The molecule has 0 aromatic rings. The van der Waals surface area contributed by atoms with Crippen LogP contribution >= 0.6 is 0 Å². The highest BCUT2D eigenvalue weighted by Gasteiger charge is 2.28. The maximum absolute atomic E-state index is 5.31. The Balaban J connectivity index is 1.85. The van der Waals surface area contributed by atoms with Gasteiger partial charge in [0, 0.05) is 32.8 Å². The van der Waals surface area contributed by atoms with Crippen molar-refractivity contribution in [3.63, 3.8) is 0 Å². The van der Waals surface area contributed by atoms with Gasteiger partial charge in [0.1, 0.15) is 0 Å². The number of rotatable bonds is 9. The second-order valence-corrected chi connectivity index (χ2v) is 5.84. The lowest BCUT2D eigenvalue weighted by molar-refractivity contribution is 0.143. The molecule has 0 radical (unpaired) electrons. The fraction of sp³-hybridized carbons (Fsp3) is 1.00. The van der Waals surface area contributed by atoms with E-state index < -0.39 is 0 Å². The number of hydrogen-bond donors (Lipinski definition) is 1. The van der Waals surface area contributed by atoms with E-state index in [9.17, 15) is 0 Å². The topological polar surface area (TPSA) is 24.5 Å². The molecule has 1 saturated heterocycles. The Morgan fingerprint density at radius 2 is 2.06 bits per heavy atom. The standard InChI is InChI=1S/C14H30N2O/c1-4-17-12-6-5-8-15-9-11-16-10-7-14(2,3)13-16/h15H,4-13H2,1-3H3. The summed E-state index contributed by atoms with van der Waals surface area (Å²) < 4.78 is 5.31. The summed E-state index contributed by atoms with van der Waals surface area (Å²) in [6, 6.07) is 0. The Morgan fingerprint density at radius 3 is 2.71 bits per heavy atom. The fourth-order valence-corrected chi connectivity index (χ4v) is 2.38. The Labute approximate surface area is 107 Å². The van der Waals surface area contributed by atoms with E-state index in [4.69, 9.17) is 4.74 Å². The fourth-order valence-electron chi connectivity index (χ4n) is 2.38. The highest BCUT2D eigenvalue weighted by Crippen LogP contribution is 2.28. The number of ether oxygens (including phenoxy) is 1. The van der Waals surface area contributed by atoms with Gasteiger partial charge in [-0.1, -0.05) is 13.8 Å². The first-order chi connectivity index (χ1) is 8.14. The predicted molar refractivity (Wildman–Crippen MR) is 73.4 cm³/mol. The quantitative estimate of drug-likeness (QED) is 0.627. The van der Waals surface area contributed by atoms with Crippen LogP contribution in [-0.2, 0) is 4.74 Å². The van der Waals surface area contributed by atoms with E-state index >= 15 is 0 Å². The number of nitrogens with one attached hydrogen (secondary N) is 1. The average Bonchev–Trinajstić information content (AvgIpc) is 2.62. The molecule has 1 aliphatic heterocycles. The van der Waals surface area contributed by atoms with Crippen molar-refractivity contribution in [1.29, 1.82) is 0 Å². The van der Waals surface area contributed by atoms with Crippen molar-refractivity contribution in [2.45, 2.75) is 40.0 Å². The summed E-state index contributed by atoms with van der Waals surface area (Å²) in [5, 5.41) is 3.52. The smallest absolute Gasteiger partial charge is 0.0466 e. The Bertz CT molecular complexity index is 195. The Kier molecular flexibility index (Phi) is 7.09. The summed E-state index contributed by atoms with van der Waals surface area (Å²) in [6.45, 7) is 14.6. The van der Waals surface area contributed by atoms with Gasteiger partial charge in [-0.3, -0.25) is 0 Å². The molecular formula is C14H30N2O. The molecular weight excluding hydrogens is 212 g/mol. The van der Waals surface area contributed by atoms with Gasteiger partial charge in [-0.05, 0) is 44.7 Å². The molecule has 0 spiro atoms. The normalized spacial score (nSPS) is 19.9. The summed E-state index contributed by atoms with van der Waals surface area (Å²) in [7, 11) is 0. The van der Waals surface area contributed by atoms with E-state index in [-0.39, 0.29) is 0 Å². The van der Waals surface area contributed by atoms with E-state index in [2.05, 4.69) is 31.0 Å². The van der Waals surface area contributed by atoms with Crippen molar-refractivity contribution in [3.8, 4) is 0 Å². The highest BCUT2D eigenvalue weighted by molar-refractivity contribution is 4.82. The lowest BCUT2D eigenvalue weighted by Crippen LogP contribution is -2.32. The van der Waals surface area contributed by atoms with E-state index in [0.29, 0.717) is 5.41 Å². The van der Waals surface area contributed by atoms with Crippen molar-refractivity contribution in [2.75, 3.05) is 45.9 Å². The monoisotopic (exact) mass is 242 g/mol. The van der Waals surface area contributed by atoms with Crippen LogP contribution in [0, 0.1) is 5.41 Å². The number of likely N-dealkylation sites (tertiary alicyclic amines) is 1. The van der Waals surface area contributed by atoms with Gasteiger partial charge in [0.05, 0.1) is 0 Å². The Hall–Kier alpha value is -0.120. The molecule has 17 heavy (non-hydrogen) atoms. The van der Waals surface area contributed by atoms with Gasteiger partial charge in [-0.2, -0.15) is 0 Å². The predicted octanol–water partition coefficient (Wildman–Crippen LogP) is 2.12. The minimum atomic E-state index is 0.539. The lowest BCUT2D eigenvalue weighted by Gasteiger charge is -2.19. The van der Waals surface area contributed by atoms with Crippen LogP contribution in [0.5, 0.6) is 0 Å². The summed E-state index contributed by atoms with van der Waals surface area (Å²) in [4.78, 5) is 2.58. The molecule has 1 heterocycles. The lowest BCUT2D eigenvalue weighted by atomic mass is 9.93. The minimum absolute atomic E-state index is 0.539. The third-order valence-electron chi connectivity index (χ3n) is 3.46. The first kappa shape index (κ1) is 14.9. The van der Waals surface area contributed by atoms with Gasteiger partial charge in [0.2, 0.25) is 0 Å². The van der Waals surface area contributed by atoms with Crippen LogP contribution in [-0.4, -0.2) is 50.8 Å². The molecule has 1 rings (SSSR count). The van der Waals surface area contributed by atoms with Crippen molar-refractivity contribution < 1.29 is 4.74 Å². The third kappa shape index (κ3) is 7.02. The molecule has 0 aliphatic carbocycles. The summed E-state index contributed by atoms with van der Waals surface area (Å²) in [6.07, 6.45) is 3.75. The van der Waals surface area contributed by atoms with Gasteiger partial charge in [-0.15, -0.1) is 0 Å². The van der Waals surface area contributed by atoms with E-state index in [1.54, 1.807) is 0 Å². The SMILES string of the molecule is CCOCCCCNCCN1CCC(C)(C)C1. The molecule has 1 aliphatic rings. The van der Waals surface area contributed by atoms with Crippen LogP contribution in [0.2, 0.25) is 0 Å². The molecule has 3 heteroatoms. The molecule has 0 aromatic heterocycles. The second kappa shape index (κ2) is 8.06.